The van der Waals surface area contributed by atoms with Crippen LogP contribution in [0.15, 0.2) is 46.6 Å². The van der Waals surface area contributed by atoms with Gasteiger partial charge in [0.05, 0.1) is 38.9 Å². The first-order chi connectivity index (χ1) is 18.0. The van der Waals surface area contributed by atoms with Gasteiger partial charge in [-0.05, 0) is 81.6 Å². The summed E-state index contributed by atoms with van der Waals surface area (Å²) in [5, 5.41) is 7.95. The number of rotatable bonds is 16. The molecule has 0 unspecified atom stereocenters. The minimum Gasteiger partial charge on any atom is -0.490 e. The summed E-state index contributed by atoms with van der Waals surface area (Å²) >= 11 is 0. The summed E-state index contributed by atoms with van der Waals surface area (Å²) in [5.41, 5.74) is 6.44. The number of hydrogen-bond acceptors (Lipinski definition) is 8. The SMILES string of the molecule is CCOc1ccc(/C=N/NC(=O)CCCC(=O)N/N=C/c2ccc(OCC)c(OCC)c2)cc1OCC. The van der Waals surface area contributed by atoms with E-state index in [1.54, 1.807) is 24.3 Å². The van der Waals surface area contributed by atoms with Gasteiger partial charge in [0.2, 0.25) is 11.8 Å². The quantitative estimate of drug-likeness (QED) is 0.259. The molecule has 2 aromatic carbocycles. The summed E-state index contributed by atoms with van der Waals surface area (Å²) < 4.78 is 22.2. The van der Waals surface area contributed by atoms with Crippen molar-refractivity contribution in [2.45, 2.75) is 47.0 Å². The molecule has 0 fully saturated rings. The fourth-order valence-electron chi connectivity index (χ4n) is 3.17. The highest BCUT2D eigenvalue weighted by molar-refractivity contribution is 5.84. The fraction of sp³-hybridized carbons (Fsp3) is 0.407. The molecule has 0 aliphatic rings. The normalized spacial score (nSPS) is 10.9. The Morgan fingerprint density at radius 3 is 1.41 bits per heavy atom. The Labute approximate surface area is 218 Å². The van der Waals surface area contributed by atoms with Crippen LogP contribution < -0.4 is 29.8 Å². The molecule has 0 aliphatic heterocycles. The van der Waals surface area contributed by atoms with Crippen molar-refractivity contribution in [3.63, 3.8) is 0 Å². The molecule has 10 heteroatoms. The number of amides is 2. The van der Waals surface area contributed by atoms with Crippen LogP contribution in [0.25, 0.3) is 0 Å². The van der Waals surface area contributed by atoms with Crippen molar-refractivity contribution in [2.24, 2.45) is 10.2 Å². The van der Waals surface area contributed by atoms with Crippen molar-refractivity contribution < 1.29 is 28.5 Å². The van der Waals surface area contributed by atoms with Gasteiger partial charge in [-0.15, -0.1) is 0 Å². The summed E-state index contributed by atoms with van der Waals surface area (Å²) in [6.45, 7) is 9.67. The molecule has 0 aliphatic carbocycles. The average Bonchev–Trinajstić information content (AvgIpc) is 2.87. The van der Waals surface area contributed by atoms with Crippen LogP contribution in [0.3, 0.4) is 0 Å². The smallest absolute Gasteiger partial charge is 0.240 e. The first-order valence-electron chi connectivity index (χ1n) is 12.4. The molecule has 0 spiro atoms. The van der Waals surface area contributed by atoms with E-state index >= 15 is 0 Å². The van der Waals surface area contributed by atoms with Gasteiger partial charge in [-0.25, -0.2) is 10.9 Å². The lowest BCUT2D eigenvalue weighted by Crippen LogP contribution is -2.20. The summed E-state index contributed by atoms with van der Waals surface area (Å²) in [4.78, 5) is 24.1. The molecule has 37 heavy (non-hydrogen) atoms. The van der Waals surface area contributed by atoms with Crippen LogP contribution in [-0.2, 0) is 9.59 Å². The van der Waals surface area contributed by atoms with Gasteiger partial charge < -0.3 is 18.9 Å². The Bertz CT molecular complexity index is 987. The third-order valence-corrected chi connectivity index (χ3v) is 4.75. The van der Waals surface area contributed by atoms with E-state index in [9.17, 15) is 9.59 Å². The number of nitrogens with zero attached hydrogens (tertiary/aromatic N) is 2. The second-order valence-corrected chi connectivity index (χ2v) is 7.58. The van der Waals surface area contributed by atoms with Gasteiger partial charge in [0.25, 0.3) is 0 Å². The number of hydrazone groups is 2. The molecule has 200 valence electrons. The molecular formula is C27H36N4O6. The van der Waals surface area contributed by atoms with Crippen molar-refractivity contribution >= 4 is 24.2 Å². The van der Waals surface area contributed by atoms with Crippen LogP contribution in [0.5, 0.6) is 23.0 Å². The lowest BCUT2D eigenvalue weighted by molar-refractivity contribution is -0.122. The number of benzene rings is 2. The van der Waals surface area contributed by atoms with Crippen LogP contribution in [0.4, 0.5) is 0 Å². The summed E-state index contributed by atoms with van der Waals surface area (Å²) in [6, 6.07) is 10.8. The molecule has 2 aromatic rings. The lowest BCUT2D eigenvalue weighted by Gasteiger charge is -2.11. The summed E-state index contributed by atoms with van der Waals surface area (Å²) in [6.07, 6.45) is 3.71. The Morgan fingerprint density at radius 2 is 1.03 bits per heavy atom. The number of hydrogen-bond donors (Lipinski definition) is 2. The maximum Gasteiger partial charge on any atom is 0.240 e. The van der Waals surface area contributed by atoms with Crippen molar-refractivity contribution in [3.8, 4) is 23.0 Å². The number of ether oxygens (including phenoxy) is 4. The standard InChI is InChI=1S/C27H36N4O6/c1-5-34-22-14-12-20(16-24(22)36-7-3)18-28-30-26(32)10-9-11-27(33)31-29-19-21-13-15-23(35-6-2)25(17-21)37-8-4/h12-19H,5-11H2,1-4H3,(H,30,32)(H,31,33)/b28-18+,29-19+. The molecule has 0 heterocycles. The van der Waals surface area contributed by atoms with Gasteiger partial charge in [0.1, 0.15) is 0 Å². The van der Waals surface area contributed by atoms with E-state index < -0.39 is 0 Å². The molecule has 10 nitrogen and oxygen atoms in total. The highest BCUT2D eigenvalue weighted by atomic mass is 16.5. The van der Waals surface area contributed by atoms with Gasteiger partial charge in [0.15, 0.2) is 23.0 Å². The molecule has 0 bridgehead atoms. The Morgan fingerprint density at radius 1 is 0.649 bits per heavy atom. The maximum absolute atomic E-state index is 12.0. The predicted molar refractivity (Wildman–Crippen MR) is 143 cm³/mol. The van der Waals surface area contributed by atoms with Crippen LogP contribution in [0.1, 0.15) is 58.1 Å². The van der Waals surface area contributed by atoms with Crippen LogP contribution in [-0.4, -0.2) is 50.7 Å². The van der Waals surface area contributed by atoms with Crippen LogP contribution >= 0.6 is 0 Å². The number of carbonyl (C=O) groups is 2. The molecule has 0 atom stereocenters. The third kappa shape index (κ3) is 10.6. The van der Waals surface area contributed by atoms with Gasteiger partial charge in [-0.3, -0.25) is 9.59 Å². The van der Waals surface area contributed by atoms with Crippen molar-refractivity contribution in [1.29, 1.82) is 0 Å². The highest BCUT2D eigenvalue weighted by Gasteiger charge is 2.07. The van der Waals surface area contributed by atoms with Crippen molar-refractivity contribution in [3.05, 3.63) is 47.5 Å². The first-order valence-corrected chi connectivity index (χ1v) is 12.4. The van der Waals surface area contributed by atoms with Crippen molar-refractivity contribution in [1.82, 2.24) is 10.9 Å². The Hall–Kier alpha value is -4.08. The average molecular weight is 513 g/mol. The van der Waals surface area contributed by atoms with Gasteiger partial charge in [-0.2, -0.15) is 10.2 Å². The highest BCUT2D eigenvalue weighted by Crippen LogP contribution is 2.28. The van der Waals surface area contributed by atoms with E-state index in [1.807, 2.05) is 39.8 Å². The van der Waals surface area contributed by atoms with E-state index in [4.69, 9.17) is 18.9 Å². The number of carbonyl (C=O) groups excluding carboxylic acids is 2. The monoisotopic (exact) mass is 512 g/mol. The Kier molecular flexibility index (Phi) is 13.1. The van der Waals surface area contributed by atoms with E-state index in [2.05, 4.69) is 21.1 Å². The predicted octanol–water partition coefficient (Wildman–Crippen LogP) is 4.05. The minimum atomic E-state index is -0.290. The molecule has 2 N–H and O–H groups in total. The fourth-order valence-corrected chi connectivity index (χ4v) is 3.17. The molecule has 2 rings (SSSR count). The van der Waals surface area contributed by atoms with Gasteiger partial charge in [0, 0.05) is 12.8 Å². The molecule has 2 amide bonds. The van der Waals surface area contributed by atoms with Crippen LogP contribution in [0, 0.1) is 0 Å². The summed E-state index contributed by atoms with van der Waals surface area (Å²) in [5.74, 6) is 1.96. The van der Waals surface area contributed by atoms with E-state index in [0.29, 0.717) is 55.8 Å². The third-order valence-electron chi connectivity index (χ3n) is 4.75. The topological polar surface area (TPSA) is 120 Å². The van der Waals surface area contributed by atoms with Gasteiger partial charge >= 0.3 is 0 Å². The zero-order chi connectivity index (χ0) is 26.9. The maximum atomic E-state index is 12.0. The van der Waals surface area contributed by atoms with E-state index in [0.717, 1.165) is 11.1 Å². The first kappa shape index (κ1) is 29.2. The van der Waals surface area contributed by atoms with E-state index in [1.165, 1.54) is 12.4 Å². The number of nitrogens with one attached hydrogen (secondary N) is 2. The zero-order valence-electron chi connectivity index (χ0n) is 21.9. The lowest BCUT2D eigenvalue weighted by atomic mass is 10.2. The molecule has 0 saturated heterocycles. The molecule has 0 radical (unpaired) electrons. The van der Waals surface area contributed by atoms with E-state index in [-0.39, 0.29) is 24.7 Å². The largest absolute Gasteiger partial charge is 0.490 e. The second kappa shape index (κ2) is 16.6. The van der Waals surface area contributed by atoms with Crippen LogP contribution in [0.2, 0.25) is 0 Å². The zero-order valence-corrected chi connectivity index (χ0v) is 21.9. The minimum absolute atomic E-state index is 0.151. The van der Waals surface area contributed by atoms with Crippen molar-refractivity contribution in [2.75, 3.05) is 26.4 Å². The van der Waals surface area contributed by atoms with Gasteiger partial charge in [-0.1, -0.05) is 0 Å². The molecular weight excluding hydrogens is 476 g/mol. The molecule has 0 aromatic heterocycles. The Balaban J connectivity index is 1.74. The second-order valence-electron chi connectivity index (χ2n) is 7.58. The summed E-state index contributed by atoms with van der Waals surface area (Å²) in [7, 11) is 0. The molecule has 0 saturated carbocycles.